The third kappa shape index (κ3) is 5.77. The average Bonchev–Trinajstić information content (AvgIpc) is 2.44. The van der Waals surface area contributed by atoms with Gasteiger partial charge in [-0.1, -0.05) is 6.42 Å². The van der Waals surface area contributed by atoms with Crippen molar-refractivity contribution >= 4 is 34.5 Å². The first-order chi connectivity index (χ1) is 9.54. The predicted octanol–water partition coefficient (Wildman–Crippen LogP) is 2.46. The highest BCUT2D eigenvalue weighted by Gasteiger charge is 2.07. The molecule has 5 nitrogen and oxygen atoms in total. The summed E-state index contributed by atoms with van der Waals surface area (Å²) in [7, 11) is 1.37. The summed E-state index contributed by atoms with van der Waals surface area (Å²) in [5.41, 5.74) is 0.442. The first kappa shape index (κ1) is 16.7. The number of rotatable bonds is 7. The van der Waals surface area contributed by atoms with Crippen LogP contribution < -0.4 is 5.32 Å². The van der Waals surface area contributed by atoms with Crippen LogP contribution in [0.15, 0.2) is 18.2 Å². The first-order valence-corrected chi connectivity index (χ1v) is 7.46. The molecule has 0 saturated carbocycles. The van der Waals surface area contributed by atoms with Crippen LogP contribution in [-0.4, -0.2) is 30.6 Å². The molecule has 0 aliphatic carbocycles. The molecule has 1 amide bonds. The van der Waals surface area contributed by atoms with Gasteiger partial charge in [-0.3, -0.25) is 9.59 Å². The molecular weight excluding hydrogens is 373 g/mol. The molecule has 0 spiro atoms. The third-order valence-corrected chi connectivity index (χ3v) is 3.69. The number of amides is 1. The van der Waals surface area contributed by atoms with Crippen LogP contribution in [0.3, 0.4) is 0 Å². The van der Waals surface area contributed by atoms with Gasteiger partial charge in [-0.15, -0.1) is 0 Å². The van der Waals surface area contributed by atoms with Crippen LogP contribution in [0.1, 0.15) is 36.0 Å². The van der Waals surface area contributed by atoms with E-state index in [0.29, 0.717) is 22.1 Å². The number of halogens is 1. The second-order valence-corrected chi connectivity index (χ2v) is 5.47. The minimum absolute atomic E-state index is 0.108. The first-order valence-electron chi connectivity index (χ1n) is 6.38. The number of ether oxygens (including phenoxy) is 1. The van der Waals surface area contributed by atoms with Crippen molar-refractivity contribution in [2.24, 2.45) is 0 Å². The molecule has 1 aromatic rings. The van der Waals surface area contributed by atoms with E-state index in [1.54, 1.807) is 12.1 Å². The lowest BCUT2D eigenvalue weighted by Crippen LogP contribution is -2.24. The number of carbonyl (C=O) groups excluding carboxylic acids is 2. The molecule has 0 aliphatic heterocycles. The molecule has 0 unspecified atom stereocenters. The Kier molecular flexibility index (Phi) is 7.35. The van der Waals surface area contributed by atoms with E-state index in [1.807, 2.05) is 22.6 Å². The molecule has 0 atom stereocenters. The minimum atomic E-state index is -0.205. The van der Waals surface area contributed by atoms with Crippen LogP contribution in [0.5, 0.6) is 5.75 Å². The minimum Gasteiger partial charge on any atom is -0.507 e. The molecule has 6 heteroatoms. The van der Waals surface area contributed by atoms with Gasteiger partial charge in [0.05, 0.1) is 10.7 Å². The fraction of sp³-hybridized carbons (Fsp3) is 0.429. The summed E-state index contributed by atoms with van der Waals surface area (Å²) >= 11 is 2.00. The van der Waals surface area contributed by atoms with Crippen molar-refractivity contribution < 1.29 is 19.4 Å². The number of carbonyl (C=O) groups is 2. The largest absolute Gasteiger partial charge is 0.507 e. The molecule has 20 heavy (non-hydrogen) atoms. The Hall–Kier alpha value is -1.31. The van der Waals surface area contributed by atoms with E-state index < -0.39 is 0 Å². The van der Waals surface area contributed by atoms with Gasteiger partial charge in [0.1, 0.15) is 5.75 Å². The third-order valence-electron chi connectivity index (χ3n) is 2.78. The number of nitrogens with one attached hydrogen (secondary N) is 1. The monoisotopic (exact) mass is 391 g/mol. The zero-order valence-electron chi connectivity index (χ0n) is 11.3. The Balaban J connectivity index is 2.23. The summed E-state index contributed by atoms with van der Waals surface area (Å²) in [6, 6.07) is 4.82. The number of phenolic OH excluding ortho intramolecular Hbond substituents is 1. The number of methoxy groups -OCH3 is 1. The van der Waals surface area contributed by atoms with Crippen molar-refractivity contribution in [3.8, 4) is 5.75 Å². The second kappa shape index (κ2) is 8.78. The van der Waals surface area contributed by atoms with Crippen LogP contribution in [0.4, 0.5) is 0 Å². The van der Waals surface area contributed by atoms with E-state index in [9.17, 15) is 14.7 Å². The highest BCUT2D eigenvalue weighted by atomic mass is 127. The Morgan fingerprint density at radius 2 is 2.05 bits per heavy atom. The number of phenols is 1. The van der Waals surface area contributed by atoms with Crippen molar-refractivity contribution in [2.75, 3.05) is 13.7 Å². The van der Waals surface area contributed by atoms with Crippen molar-refractivity contribution in [3.63, 3.8) is 0 Å². The van der Waals surface area contributed by atoms with Gasteiger partial charge < -0.3 is 15.2 Å². The zero-order chi connectivity index (χ0) is 15.0. The van der Waals surface area contributed by atoms with Gasteiger partial charge in [-0.05, 0) is 53.6 Å². The molecule has 110 valence electrons. The van der Waals surface area contributed by atoms with Crippen molar-refractivity contribution in [1.29, 1.82) is 0 Å². The van der Waals surface area contributed by atoms with Gasteiger partial charge in [0.2, 0.25) is 0 Å². The molecule has 0 radical (unpaired) electrons. The lowest BCUT2D eigenvalue weighted by molar-refractivity contribution is -0.140. The Morgan fingerprint density at radius 3 is 2.70 bits per heavy atom. The van der Waals surface area contributed by atoms with Gasteiger partial charge >= 0.3 is 5.97 Å². The molecule has 1 aromatic carbocycles. The molecule has 0 saturated heterocycles. The van der Waals surface area contributed by atoms with Crippen LogP contribution in [0, 0.1) is 3.57 Å². The maximum atomic E-state index is 11.8. The fourth-order valence-electron chi connectivity index (χ4n) is 1.63. The molecule has 1 rings (SSSR count). The Labute approximate surface area is 131 Å². The van der Waals surface area contributed by atoms with E-state index in [-0.39, 0.29) is 17.6 Å². The van der Waals surface area contributed by atoms with Gasteiger partial charge in [0, 0.05) is 18.5 Å². The van der Waals surface area contributed by atoms with E-state index >= 15 is 0 Å². The highest BCUT2D eigenvalue weighted by Crippen LogP contribution is 2.20. The number of aromatic hydroxyl groups is 1. The normalized spacial score (nSPS) is 10.1. The molecular formula is C14H18INO4. The van der Waals surface area contributed by atoms with Crippen molar-refractivity contribution in [2.45, 2.75) is 25.7 Å². The Bertz CT molecular complexity index is 476. The summed E-state index contributed by atoms with van der Waals surface area (Å²) in [5, 5.41) is 12.3. The average molecular weight is 391 g/mol. The molecule has 2 N–H and O–H groups in total. The predicted molar refractivity (Wildman–Crippen MR) is 83.6 cm³/mol. The number of hydrogen-bond donors (Lipinski definition) is 2. The van der Waals surface area contributed by atoms with Gasteiger partial charge in [0.15, 0.2) is 0 Å². The second-order valence-electron chi connectivity index (χ2n) is 4.31. The van der Waals surface area contributed by atoms with Crippen LogP contribution in [-0.2, 0) is 9.53 Å². The van der Waals surface area contributed by atoms with E-state index in [1.165, 1.54) is 13.2 Å². The number of hydrogen-bond acceptors (Lipinski definition) is 4. The molecule has 0 aliphatic rings. The Morgan fingerprint density at radius 1 is 1.30 bits per heavy atom. The highest BCUT2D eigenvalue weighted by molar-refractivity contribution is 14.1. The van der Waals surface area contributed by atoms with Crippen LogP contribution >= 0.6 is 22.6 Å². The molecule has 0 heterocycles. The smallest absolute Gasteiger partial charge is 0.305 e. The number of unbranched alkanes of at least 4 members (excludes halogenated alkanes) is 2. The van der Waals surface area contributed by atoms with Crippen LogP contribution in [0.2, 0.25) is 0 Å². The zero-order valence-corrected chi connectivity index (χ0v) is 13.5. The molecule has 0 bridgehead atoms. The lowest BCUT2D eigenvalue weighted by Gasteiger charge is -2.06. The summed E-state index contributed by atoms with van der Waals surface area (Å²) in [4.78, 5) is 22.7. The maximum absolute atomic E-state index is 11.8. The number of esters is 1. The lowest BCUT2D eigenvalue weighted by atomic mass is 10.2. The van der Waals surface area contributed by atoms with E-state index in [4.69, 9.17) is 0 Å². The van der Waals surface area contributed by atoms with E-state index in [2.05, 4.69) is 10.1 Å². The summed E-state index contributed by atoms with van der Waals surface area (Å²) in [5.74, 6) is -0.301. The van der Waals surface area contributed by atoms with Crippen LogP contribution in [0.25, 0.3) is 0 Å². The van der Waals surface area contributed by atoms with Gasteiger partial charge in [-0.2, -0.15) is 0 Å². The summed E-state index contributed by atoms with van der Waals surface area (Å²) in [6.45, 7) is 0.548. The van der Waals surface area contributed by atoms with Gasteiger partial charge in [-0.25, -0.2) is 0 Å². The summed E-state index contributed by atoms with van der Waals surface area (Å²) < 4.78 is 5.25. The standard InChI is InChI=1S/C14H18INO4/c1-20-13(18)5-3-2-4-8-16-14(19)10-6-7-11(15)12(17)9-10/h6-7,9,17H,2-5,8H2,1H3,(H,16,19). The van der Waals surface area contributed by atoms with Gasteiger partial charge in [0.25, 0.3) is 5.91 Å². The fourth-order valence-corrected chi connectivity index (χ4v) is 1.97. The number of benzene rings is 1. The van der Waals surface area contributed by atoms with Crippen molar-refractivity contribution in [3.05, 3.63) is 27.3 Å². The SMILES string of the molecule is COC(=O)CCCCCNC(=O)c1ccc(I)c(O)c1. The molecule has 0 aromatic heterocycles. The summed E-state index contributed by atoms with van der Waals surface area (Å²) in [6.07, 6.45) is 2.83. The maximum Gasteiger partial charge on any atom is 0.305 e. The quantitative estimate of drug-likeness (QED) is 0.426. The van der Waals surface area contributed by atoms with E-state index in [0.717, 1.165) is 19.3 Å². The van der Waals surface area contributed by atoms with Crippen molar-refractivity contribution in [1.82, 2.24) is 5.32 Å². The topological polar surface area (TPSA) is 75.6 Å². The molecule has 0 fully saturated rings.